The van der Waals surface area contributed by atoms with Crippen molar-refractivity contribution in [2.45, 2.75) is 11.5 Å². The molecule has 0 radical (unpaired) electrons. The van der Waals surface area contributed by atoms with Gasteiger partial charge in [0.05, 0.1) is 36.4 Å². The number of nitrogens with one attached hydrogen (secondary N) is 2. The predicted octanol–water partition coefficient (Wildman–Crippen LogP) is 4.43. The molecule has 3 heterocycles. The summed E-state index contributed by atoms with van der Waals surface area (Å²) in [6, 6.07) is 15.9. The van der Waals surface area contributed by atoms with Crippen LogP contribution in [0.2, 0.25) is 0 Å². The van der Waals surface area contributed by atoms with Crippen LogP contribution in [0.5, 0.6) is 5.75 Å². The SMILES string of the molecule is COc1ccc2c3c([nH]c2c1)[C@H](CO)N(C(=O)Nc1ccccc1F)CC31CN(C(=O)c2ccccc2F)C1. The maximum absolute atomic E-state index is 14.4. The third-order valence-corrected chi connectivity index (χ3v) is 7.68. The second-order valence-electron chi connectivity index (χ2n) is 9.98. The number of benzene rings is 3. The summed E-state index contributed by atoms with van der Waals surface area (Å²) in [6.45, 7) is 0.239. The van der Waals surface area contributed by atoms with Crippen molar-refractivity contribution in [3.05, 3.63) is 95.2 Å². The molecule has 3 N–H and O–H groups in total. The lowest BCUT2D eigenvalue weighted by Crippen LogP contribution is -2.68. The minimum Gasteiger partial charge on any atom is -0.497 e. The van der Waals surface area contributed by atoms with Crippen molar-refractivity contribution in [3.8, 4) is 5.75 Å². The molecule has 39 heavy (non-hydrogen) atoms. The lowest BCUT2D eigenvalue weighted by molar-refractivity contribution is 0.0134. The Balaban J connectivity index is 1.40. The van der Waals surface area contributed by atoms with Gasteiger partial charge < -0.3 is 29.9 Å². The Morgan fingerprint density at radius 2 is 1.77 bits per heavy atom. The van der Waals surface area contributed by atoms with E-state index >= 15 is 0 Å². The molecule has 3 aromatic carbocycles. The Morgan fingerprint density at radius 1 is 1.05 bits per heavy atom. The van der Waals surface area contributed by atoms with Gasteiger partial charge in [-0.15, -0.1) is 0 Å². The molecular formula is C29H26F2N4O4. The lowest BCUT2D eigenvalue weighted by atomic mass is 9.68. The van der Waals surface area contributed by atoms with Gasteiger partial charge in [0.2, 0.25) is 0 Å². The molecule has 3 amide bonds. The van der Waals surface area contributed by atoms with Gasteiger partial charge in [0.25, 0.3) is 5.91 Å². The highest BCUT2D eigenvalue weighted by Gasteiger charge is 2.55. The largest absolute Gasteiger partial charge is 0.497 e. The highest BCUT2D eigenvalue weighted by molar-refractivity contribution is 5.97. The number of ether oxygens (including phenoxy) is 1. The summed E-state index contributed by atoms with van der Waals surface area (Å²) in [4.78, 5) is 33.0. The molecule has 1 spiro atoms. The molecule has 0 bridgehead atoms. The zero-order chi connectivity index (χ0) is 27.3. The van der Waals surface area contributed by atoms with Gasteiger partial charge in [0.15, 0.2) is 0 Å². The number of carbonyl (C=O) groups excluding carboxylic acids is 2. The zero-order valence-corrected chi connectivity index (χ0v) is 21.1. The molecule has 0 aliphatic carbocycles. The second kappa shape index (κ2) is 9.39. The number of H-pyrrole nitrogens is 1. The molecule has 1 aromatic heterocycles. The smallest absolute Gasteiger partial charge is 0.322 e. The Hall–Kier alpha value is -4.44. The summed E-state index contributed by atoms with van der Waals surface area (Å²) in [5, 5.41) is 13.9. The molecule has 10 heteroatoms. The number of aromatic nitrogens is 1. The number of hydrogen-bond donors (Lipinski definition) is 3. The number of halogens is 2. The highest BCUT2D eigenvalue weighted by Crippen LogP contribution is 2.49. The number of fused-ring (bicyclic) bond motifs is 4. The number of methoxy groups -OCH3 is 1. The first kappa shape index (κ1) is 24.9. The number of carbonyl (C=O) groups is 2. The fourth-order valence-corrected chi connectivity index (χ4v) is 5.86. The minimum atomic E-state index is -0.743. The first-order chi connectivity index (χ1) is 18.8. The van der Waals surface area contributed by atoms with E-state index < -0.39 is 35.0 Å². The molecule has 2 aliphatic rings. The van der Waals surface area contributed by atoms with Crippen molar-refractivity contribution in [2.75, 3.05) is 38.7 Å². The van der Waals surface area contributed by atoms with E-state index in [9.17, 15) is 23.5 Å². The van der Waals surface area contributed by atoms with Crippen LogP contribution in [-0.2, 0) is 5.41 Å². The molecule has 1 fully saturated rings. The van der Waals surface area contributed by atoms with E-state index in [1.165, 1.54) is 41.3 Å². The summed E-state index contributed by atoms with van der Waals surface area (Å²) < 4.78 is 34.1. The van der Waals surface area contributed by atoms with Crippen LogP contribution in [-0.4, -0.2) is 65.2 Å². The number of rotatable bonds is 4. The summed E-state index contributed by atoms with van der Waals surface area (Å²) in [5.41, 5.74) is 1.59. The van der Waals surface area contributed by atoms with Crippen LogP contribution in [0.25, 0.3) is 10.9 Å². The third kappa shape index (κ3) is 3.99. The lowest BCUT2D eigenvalue weighted by Gasteiger charge is -2.56. The molecule has 1 atom stereocenters. The van der Waals surface area contributed by atoms with Gasteiger partial charge in [0.1, 0.15) is 17.4 Å². The van der Waals surface area contributed by atoms with Gasteiger partial charge in [-0.05, 0) is 42.0 Å². The summed E-state index contributed by atoms with van der Waals surface area (Å²) in [5.74, 6) is -0.983. The molecule has 2 aliphatic heterocycles. The maximum Gasteiger partial charge on any atom is 0.322 e. The molecule has 8 nitrogen and oxygen atoms in total. The average molecular weight is 533 g/mol. The maximum atomic E-state index is 14.4. The summed E-state index contributed by atoms with van der Waals surface area (Å²) in [7, 11) is 1.56. The quantitative estimate of drug-likeness (QED) is 0.362. The number of anilines is 1. The van der Waals surface area contributed by atoms with Crippen molar-refractivity contribution in [1.29, 1.82) is 0 Å². The molecule has 4 aromatic rings. The van der Waals surface area contributed by atoms with Gasteiger partial charge in [-0.1, -0.05) is 24.3 Å². The van der Waals surface area contributed by atoms with Gasteiger partial charge in [-0.25, -0.2) is 13.6 Å². The van der Waals surface area contributed by atoms with Crippen LogP contribution in [0.4, 0.5) is 19.3 Å². The highest BCUT2D eigenvalue weighted by atomic mass is 19.1. The molecule has 200 valence electrons. The minimum absolute atomic E-state index is 0.0189. The van der Waals surface area contributed by atoms with E-state index in [2.05, 4.69) is 10.3 Å². The predicted molar refractivity (Wildman–Crippen MR) is 141 cm³/mol. The Labute approximate surface area is 222 Å². The first-order valence-electron chi connectivity index (χ1n) is 12.5. The molecule has 6 rings (SSSR count). The van der Waals surface area contributed by atoms with E-state index in [1.54, 1.807) is 24.1 Å². The first-order valence-corrected chi connectivity index (χ1v) is 12.5. The summed E-state index contributed by atoms with van der Waals surface area (Å²) >= 11 is 0. The number of aromatic amines is 1. The number of urea groups is 1. The van der Waals surface area contributed by atoms with E-state index in [-0.39, 0.29) is 37.5 Å². The van der Waals surface area contributed by atoms with Crippen molar-refractivity contribution in [3.63, 3.8) is 0 Å². The molecule has 0 unspecified atom stereocenters. The van der Waals surface area contributed by atoms with Crippen LogP contribution >= 0.6 is 0 Å². The number of aliphatic hydroxyl groups is 1. The van der Waals surface area contributed by atoms with Crippen LogP contribution in [0, 0.1) is 11.6 Å². The van der Waals surface area contributed by atoms with Gasteiger partial charge in [-0.2, -0.15) is 0 Å². The summed E-state index contributed by atoms with van der Waals surface area (Å²) in [6.07, 6.45) is 0. The van der Waals surface area contributed by atoms with Crippen molar-refractivity contribution in [2.24, 2.45) is 0 Å². The van der Waals surface area contributed by atoms with Crippen LogP contribution in [0.15, 0.2) is 66.7 Å². The fraction of sp³-hybridized carbons (Fsp3) is 0.241. The van der Waals surface area contributed by atoms with E-state index in [1.807, 2.05) is 18.2 Å². The standard InChI is InChI=1S/C29H26F2N4O4/c1-39-17-10-11-19-23(12-17)32-26-24(13-36)35(28(38)33-22-9-5-4-8-21(22)31)16-29(25(19)26)14-34(15-29)27(37)18-6-2-3-7-20(18)30/h2-12,24,32,36H,13-16H2,1H3,(H,33,38)/t24-/m0/s1. The van der Waals surface area contributed by atoms with E-state index in [0.717, 1.165) is 16.5 Å². The van der Waals surface area contributed by atoms with Crippen LogP contribution < -0.4 is 10.1 Å². The van der Waals surface area contributed by atoms with Gasteiger partial charge in [0, 0.05) is 42.3 Å². The molecule has 0 saturated carbocycles. The normalized spacial score (nSPS) is 17.6. The number of hydrogen-bond acceptors (Lipinski definition) is 4. The Morgan fingerprint density at radius 3 is 2.46 bits per heavy atom. The second-order valence-corrected chi connectivity index (χ2v) is 9.98. The third-order valence-electron chi connectivity index (χ3n) is 7.68. The molecule has 1 saturated heterocycles. The van der Waals surface area contributed by atoms with Gasteiger partial charge >= 0.3 is 6.03 Å². The van der Waals surface area contributed by atoms with Crippen LogP contribution in [0.3, 0.4) is 0 Å². The number of likely N-dealkylation sites (tertiary alicyclic amines) is 1. The van der Waals surface area contributed by atoms with Crippen molar-refractivity contribution in [1.82, 2.24) is 14.8 Å². The Kier molecular flexibility index (Phi) is 5.99. The van der Waals surface area contributed by atoms with Crippen molar-refractivity contribution >= 4 is 28.5 Å². The number of amides is 3. The van der Waals surface area contributed by atoms with E-state index in [0.29, 0.717) is 11.4 Å². The zero-order valence-electron chi connectivity index (χ0n) is 21.1. The number of para-hydroxylation sites is 1. The fourth-order valence-electron chi connectivity index (χ4n) is 5.86. The Bertz CT molecular complexity index is 1600. The van der Waals surface area contributed by atoms with E-state index in [4.69, 9.17) is 4.74 Å². The van der Waals surface area contributed by atoms with Gasteiger partial charge in [-0.3, -0.25) is 4.79 Å². The monoisotopic (exact) mass is 532 g/mol. The van der Waals surface area contributed by atoms with Crippen LogP contribution in [0.1, 0.15) is 27.7 Å². The number of aliphatic hydroxyl groups excluding tert-OH is 1. The average Bonchev–Trinajstić information content (AvgIpc) is 3.31. The topological polar surface area (TPSA) is 97.9 Å². The van der Waals surface area contributed by atoms with Crippen molar-refractivity contribution < 1.29 is 28.2 Å². The molecular weight excluding hydrogens is 506 g/mol. The number of nitrogens with zero attached hydrogens (tertiary/aromatic N) is 2.